The molecule has 1 aliphatic carbocycles. The number of halogens is 2. The summed E-state index contributed by atoms with van der Waals surface area (Å²) in [5, 5.41) is 12.8. The summed E-state index contributed by atoms with van der Waals surface area (Å²) in [6.07, 6.45) is 3.91. The van der Waals surface area contributed by atoms with Crippen LogP contribution in [-0.4, -0.2) is 52.7 Å². The van der Waals surface area contributed by atoms with Crippen LogP contribution in [0.1, 0.15) is 35.7 Å². The Labute approximate surface area is 206 Å². The maximum absolute atomic E-state index is 12.6. The zero-order valence-electron chi connectivity index (χ0n) is 18.4. The number of amides is 1. The van der Waals surface area contributed by atoms with Crippen molar-refractivity contribution >= 4 is 52.3 Å². The normalized spacial score (nSPS) is 21.2. The largest absolute Gasteiger partial charge is 0.480 e. The van der Waals surface area contributed by atoms with Gasteiger partial charge in [-0.05, 0) is 30.5 Å². The number of nitrogens with zero attached hydrogens (tertiary/aromatic N) is 2. The summed E-state index contributed by atoms with van der Waals surface area (Å²) in [7, 11) is 0. The lowest BCUT2D eigenvalue weighted by atomic mass is 9.56. The Bertz CT molecular complexity index is 1140. The van der Waals surface area contributed by atoms with Crippen molar-refractivity contribution in [1.29, 1.82) is 0 Å². The van der Waals surface area contributed by atoms with E-state index in [1.165, 1.54) is 12.4 Å². The number of aromatic nitrogens is 1. The minimum atomic E-state index is -1.05. The summed E-state index contributed by atoms with van der Waals surface area (Å²) in [6, 6.07) is 5.76. The molecule has 2 heterocycles. The summed E-state index contributed by atoms with van der Waals surface area (Å²) in [4.78, 5) is 45.5. The second-order valence-corrected chi connectivity index (χ2v) is 9.30. The van der Waals surface area contributed by atoms with Gasteiger partial charge in [-0.15, -0.1) is 0 Å². The lowest BCUT2D eigenvalue weighted by Crippen LogP contribution is -2.60. The molecule has 1 amide bonds. The minimum absolute atomic E-state index is 0.119. The highest BCUT2D eigenvalue weighted by molar-refractivity contribution is 6.40. The lowest BCUT2D eigenvalue weighted by molar-refractivity contribution is -0.139. The molecule has 34 heavy (non-hydrogen) atoms. The highest BCUT2D eigenvalue weighted by Crippen LogP contribution is 2.47. The number of hydrogen-bond donors (Lipinski definition) is 2. The molecule has 178 valence electrons. The number of carboxylic acids is 1. The maximum atomic E-state index is 12.6. The van der Waals surface area contributed by atoms with Crippen LogP contribution in [0, 0.1) is 11.3 Å². The van der Waals surface area contributed by atoms with Crippen molar-refractivity contribution in [1.82, 2.24) is 4.98 Å². The quantitative estimate of drug-likeness (QED) is 0.612. The van der Waals surface area contributed by atoms with Gasteiger partial charge in [0, 0.05) is 43.4 Å². The van der Waals surface area contributed by atoms with E-state index in [9.17, 15) is 19.5 Å². The first kappa shape index (κ1) is 24.3. The fourth-order valence-electron chi connectivity index (χ4n) is 4.58. The third kappa shape index (κ3) is 4.58. The SMILES string of the molecule is CC1C(=O)C2(CCOCC2)C1=NC(Cc1ccc(NC(=O)c2c(Cl)cncc2Cl)cc1)C(=O)O. The number of benzene rings is 1. The van der Waals surface area contributed by atoms with E-state index >= 15 is 0 Å². The van der Waals surface area contributed by atoms with Gasteiger partial charge in [-0.1, -0.05) is 42.3 Å². The summed E-state index contributed by atoms with van der Waals surface area (Å²) >= 11 is 12.1. The molecule has 10 heteroatoms. The summed E-state index contributed by atoms with van der Waals surface area (Å²) in [5.41, 5.74) is 1.34. The van der Waals surface area contributed by atoms with Crippen LogP contribution in [0.3, 0.4) is 0 Å². The van der Waals surface area contributed by atoms with Crippen molar-refractivity contribution in [3.8, 4) is 0 Å². The van der Waals surface area contributed by atoms with Crippen LogP contribution in [0.2, 0.25) is 10.0 Å². The number of nitrogens with one attached hydrogen (secondary N) is 1. The minimum Gasteiger partial charge on any atom is -0.480 e. The van der Waals surface area contributed by atoms with Crippen molar-refractivity contribution < 1.29 is 24.2 Å². The zero-order valence-corrected chi connectivity index (χ0v) is 19.9. The molecule has 1 aromatic heterocycles. The van der Waals surface area contributed by atoms with E-state index in [4.69, 9.17) is 27.9 Å². The number of carbonyl (C=O) groups excluding carboxylic acids is 2. The lowest BCUT2D eigenvalue weighted by Gasteiger charge is -2.48. The van der Waals surface area contributed by atoms with E-state index in [0.29, 0.717) is 37.5 Å². The van der Waals surface area contributed by atoms with Crippen LogP contribution < -0.4 is 5.32 Å². The molecule has 2 fully saturated rings. The van der Waals surface area contributed by atoms with Crippen molar-refractivity contribution in [3.63, 3.8) is 0 Å². The van der Waals surface area contributed by atoms with Gasteiger partial charge in [0.25, 0.3) is 5.91 Å². The molecule has 1 spiro atoms. The monoisotopic (exact) mass is 503 g/mol. The van der Waals surface area contributed by atoms with Gasteiger partial charge in [-0.2, -0.15) is 0 Å². The van der Waals surface area contributed by atoms with E-state index in [2.05, 4.69) is 15.3 Å². The van der Waals surface area contributed by atoms with Gasteiger partial charge in [0.2, 0.25) is 0 Å². The van der Waals surface area contributed by atoms with Crippen LogP contribution in [0.15, 0.2) is 41.7 Å². The molecule has 2 aliphatic rings. The summed E-state index contributed by atoms with van der Waals surface area (Å²) in [6.45, 7) is 2.72. The van der Waals surface area contributed by atoms with Gasteiger partial charge in [0.15, 0.2) is 11.8 Å². The standard InChI is InChI=1S/C24H23Cl2N3O5/c1-13-20(24(21(13)30)6-8-34-9-7-24)29-18(23(32)33)10-14-2-4-15(5-3-14)28-22(31)19-16(25)11-27-12-17(19)26/h2-5,11-13,18H,6-10H2,1H3,(H,28,31)(H,32,33). The molecule has 2 aromatic rings. The van der Waals surface area contributed by atoms with Crippen molar-refractivity contribution in [3.05, 3.63) is 57.8 Å². The first-order valence-electron chi connectivity index (χ1n) is 10.9. The van der Waals surface area contributed by atoms with Crippen LogP contribution in [-0.2, 0) is 20.7 Å². The number of pyridine rings is 1. The third-order valence-electron chi connectivity index (χ3n) is 6.41. The number of rotatable bonds is 6. The molecule has 2 unspecified atom stereocenters. The summed E-state index contributed by atoms with van der Waals surface area (Å²) < 4.78 is 5.39. The van der Waals surface area contributed by atoms with Crippen LogP contribution in [0.4, 0.5) is 5.69 Å². The smallest absolute Gasteiger partial charge is 0.328 e. The highest BCUT2D eigenvalue weighted by Gasteiger charge is 2.57. The van der Waals surface area contributed by atoms with Crippen LogP contribution in [0.5, 0.6) is 0 Å². The number of ketones is 1. The first-order valence-corrected chi connectivity index (χ1v) is 11.6. The second-order valence-electron chi connectivity index (χ2n) is 8.48. The number of aliphatic carboxylic acids is 1. The highest BCUT2D eigenvalue weighted by atomic mass is 35.5. The number of aliphatic imine (C=N–C) groups is 1. The Morgan fingerprint density at radius 2 is 1.82 bits per heavy atom. The van der Waals surface area contributed by atoms with Gasteiger partial charge in [-0.3, -0.25) is 19.6 Å². The molecule has 2 atom stereocenters. The molecule has 1 aliphatic heterocycles. The van der Waals surface area contributed by atoms with Crippen molar-refractivity contribution in [2.75, 3.05) is 18.5 Å². The maximum Gasteiger partial charge on any atom is 0.328 e. The average Bonchev–Trinajstić information content (AvgIpc) is 2.82. The Morgan fingerprint density at radius 1 is 1.21 bits per heavy atom. The number of ether oxygens (including phenoxy) is 1. The number of Topliss-reactive ketones (excluding diaryl/α,β-unsaturated/α-hetero) is 1. The molecule has 1 aromatic carbocycles. The zero-order chi connectivity index (χ0) is 24.5. The van der Waals surface area contributed by atoms with Crippen molar-refractivity contribution in [2.45, 2.75) is 32.2 Å². The average molecular weight is 504 g/mol. The molecule has 2 N–H and O–H groups in total. The predicted molar refractivity (Wildman–Crippen MR) is 128 cm³/mol. The molecule has 1 saturated carbocycles. The Balaban J connectivity index is 1.48. The molecule has 1 saturated heterocycles. The van der Waals surface area contributed by atoms with Crippen LogP contribution in [0.25, 0.3) is 0 Å². The van der Waals surface area contributed by atoms with E-state index < -0.39 is 23.3 Å². The van der Waals surface area contributed by atoms with Gasteiger partial charge in [-0.25, -0.2) is 4.79 Å². The predicted octanol–water partition coefficient (Wildman–Crippen LogP) is 4.09. The Hall–Kier alpha value is -2.81. The number of anilines is 1. The van der Waals surface area contributed by atoms with Crippen LogP contribution >= 0.6 is 23.2 Å². The van der Waals surface area contributed by atoms with Gasteiger partial charge >= 0.3 is 5.97 Å². The van der Waals surface area contributed by atoms with E-state index in [0.717, 1.165) is 5.56 Å². The van der Waals surface area contributed by atoms with Gasteiger partial charge < -0.3 is 15.2 Å². The fraction of sp³-hybridized carbons (Fsp3) is 0.375. The fourth-order valence-corrected chi connectivity index (χ4v) is 5.12. The topological polar surface area (TPSA) is 118 Å². The molecule has 0 radical (unpaired) electrons. The number of carbonyl (C=O) groups is 3. The molecule has 8 nitrogen and oxygen atoms in total. The van der Waals surface area contributed by atoms with Gasteiger partial charge in [0.1, 0.15) is 0 Å². The first-order chi connectivity index (χ1) is 16.2. The third-order valence-corrected chi connectivity index (χ3v) is 6.99. The number of hydrogen-bond acceptors (Lipinski definition) is 6. The van der Waals surface area contributed by atoms with E-state index in [-0.39, 0.29) is 33.7 Å². The molecule has 0 bridgehead atoms. The number of carboxylic acid groups (broad SMARTS) is 1. The van der Waals surface area contributed by atoms with Crippen molar-refractivity contribution in [2.24, 2.45) is 16.3 Å². The second kappa shape index (κ2) is 9.82. The molecular formula is C24H23Cl2N3O5. The van der Waals surface area contributed by atoms with Gasteiger partial charge in [0.05, 0.1) is 26.9 Å². The van der Waals surface area contributed by atoms with E-state index in [1.807, 2.05) is 0 Å². The Morgan fingerprint density at radius 3 is 2.41 bits per heavy atom. The van der Waals surface area contributed by atoms with E-state index in [1.54, 1.807) is 31.2 Å². The summed E-state index contributed by atoms with van der Waals surface area (Å²) in [5.74, 6) is -1.79. The molecular weight excluding hydrogens is 481 g/mol. The molecule has 4 rings (SSSR count). The Kier molecular flexibility index (Phi) is 7.02.